The minimum absolute atomic E-state index is 0.0900. The summed E-state index contributed by atoms with van der Waals surface area (Å²) in [6.45, 7) is 2.18. The summed E-state index contributed by atoms with van der Waals surface area (Å²) in [5, 5.41) is 0. The van der Waals surface area contributed by atoms with E-state index in [4.69, 9.17) is 4.74 Å². The van der Waals surface area contributed by atoms with E-state index >= 15 is 0 Å². The first-order chi connectivity index (χ1) is 9.19. The van der Waals surface area contributed by atoms with Gasteiger partial charge < -0.3 is 4.74 Å². The van der Waals surface area contributed by atoms with Crippen LogP contribution in [0.25, 0.3) is 0 Å². The normalized spacial score (nSPS) is 10.2. The second kappa shape index (κ2) is 6.14. The molecule has 98 valence electrons. The highest BCUT2D eigenvalue weighted by atomic mass is 19.1. The average molecular weight is 258 g/mol. The average Bonchev–Trinajstić information content (AvgIpc) is 2.46. The Labute approximate surface area is 111 Å². The number of benzene rings is 2. The molecule has 0 saturated carbocycles. The minimum atomic E-state index is -0.265. The van der Waals surface area contributed by atoms with Crippen molar-refractivity contribution in [1.29, 1.82) is 0 Å². The van der Waals surface area contributed by atoms with Gasteiger partial charge in [0.1, 0.15) is 18.2 Å². The summed E-state index contributed by atoms with van der Waals surface area (Å²) in [5.41, 5.74) is 1.53. The van der Waals surface area contributed by atoms with Gasteiger partial charge in [-0.1, -0.05) is 31.2 Å². The van der Waals surface area contributed by atoms with E-state index in [1.165, 1.54) is 12.1 Å². The van der Waals surface area contributed by atoms with Gasteiger partial charge in [-0.15, -0.1) is 0 Å². The van der Waals surface area contributed by atoms with Crippen molar-refractivity contribution in [1.82, 2.24) is 0 Å². The molecule has 2 nitrogen and oxygen atoms in total. The molecule has 0 amide bonds. The zero-order valence-corrected chi connectivity index (χ0v) is 10.7. The van der Waals surface area contributed by atoms with Crippen LogP contribution in [0.3, 0.4) is 0 Å². The van der Waals surface area contributed by atoms with Gasteiger partial charge >= 0.3 is 0 Å². The Morgan fingerprint density at radius 1 is 1.16 bits per heavy atom. The number of carbonyl (C=O) groups is 1. The summed E-state index contributed by atoms with van der Waals surface area (Å²) in [4.78, 5) is 11.6. The van der Waals surface area contributed by atoms with E-state index in [1.807, 2.05) is 6.92 Å². The molecule has 2 aromatic rings. The fourth-order valence-electron chi connectivity index (χ4n) is 1.71. The number of carbonyl (C=O) groups excluding carboxylic acids is 1. The molecule has 19 heavy (non-hydrogen) atoms. The smallest absolute Gasteiger partial charge is 0.162 e. The number of hydrogen-bond donors (Lipinski definition) is 0. The van der Waals surface area contributed by atoms with E-state index in [9.17, 15) is 9.18 Å². The highest BCUT2D eigenvalue weighted by molar-refractivity contribution is 5.96. The summed E-state index contributed by atoms with van der Waals surface area (Å²) < 4.78 is 18.3. The van der Waals surface area contributed by atoms with Crippen LogP contribution < -0.4 is 4.74 Å². The Balaban J connectivity index is 2.03. The van der Waals surface area contributed by atoms with Gasteiger partial charge in [-0.2, -0.15) is 0 Å². The van der Waals surface area contributed by atoms with E-state index < -0.39 is 0 Å². The van der Waals surface area contributed by atoms with Crippen LogP contribution >= 0.6 is 0 Å². The SMILES string of the molecule is CCC(=O)c1cccc(OCc2ccc(F)cc2)c1. The quantitative estimate of drug-likeness (QED) is 0.758. The maximum Gasteiger partial charge on any atom is 0.162 e. The lowest BCUT2D eigenvalue weighted by Gasteiger charge is -2.07. The molecule has 0 N–H and O–H groups in total. The number of ketones is 1. The molecule has 0 aliphatic carbocycles. The zero-order valence-electron chi connectivity index (χ0n) is 10.7. The number of Topliss-reactive ketones (excluding diaryl/α,β-unsaturated/α-hetero) is 1. The Kier molecular flexibility index (Phi) is 4.29. The van der Waals surface area contributed by atoms with Gasteiger partial charge in [0.15, 0.2) is 5.78 Å². The number of halogens is 1. The zero-order chi connectivity index (χ0) is 13.7. The van der Waals surface area contributed by atoms with E-state index in [1.54, 1.807) is 36.4 Å². The van der Waals surface area contributed by atoms with Crippen molar-refractivity contribution in [3.63, 3.8) is 0 Å². The fourth-order valence-corrected chi connectivity index (χ4v) is 1.71. The highest BCUT2D eigenvalue weighted by Crippen LogP contribution is 2.16. The first-order valence-electron chi connectivity index (χ1n) is 6.19. The van der Waals surface area contributed by atoms with E-state index in [-0.39, 0.29) is 11.6 Å². The molecule has 0 spiro atoms. The molecule has 0 atom stereocenters. The summed E-state index contributed by atoms with van der Waals surface area (Å²) in [5.74, 6) is 0.468. The van der Waals surface area contributed by atoms with E-state index in [0.29, 0.717) is 24.3 Å². The van der Waals surface area contributed by atoms with Crippen LogP contribution in [0.1, 0.15) is 29.3 Å². The van der Waals surface area contributed by atoms with Gasteiger partial charge in [0.25, 0.3) is 0 Å². The molecule has 0 aliphatic heterocycles. The van der Waals surface area contributed by atoms with Crippen LogP contribution in [-0.2, 0) is 6.61 Å². The van der Waals surface area contributed by atoms with Crippen LogP contribution in [0, 0.1) is 5.82 Å². The Morgan fingerprint density at radius 2 is 1.89 bits per heavy atom. The van der Waals surface area contributed by atoms with Crippen LogP contribution in [0.5, 0.6) is 5.75 Å². The topological polar surface area (TPSA) is 26.3 Å². The molecule has 0 aliphatic rings. The fraction of sp³-hybridized carbons (Fsp3) is 0.188. The van der Waals surface area contributed by atoms with Crippen molar-refractivity contribution >= 4 is 5.78 Å². The molecule has 2 aromatic carbocycles. The Morgan fingerprint density at radius 3 is 2.58 bits per heavy atom. The molecule has 0 unspecified atom stereocenters. The lowest BCUT2D eigenvalue weighted by Crippen LogP contribution is -1.99. The number of rotatable bonds is 5. The summed E-state index contributed by atoms with van der Waals surface area (Å²) in [6.07, 6.45) is 0.474. The Bertz CT molecular complexity index is 561. The third kappa shape index (κ3) is 3.65. The monoisotopic (exact) mass is 258 g/mol. The van der Waals surface area contributed by atoms with Crippen LogP contribution in [0.2, 0.25) is 0 Å². The summed E-state index contributed by atoms with van der Waals surface area (Å²) in [7, 11) is 0. The van der Waals surface area contributed by atoms with Crippen LogP contribution in [-0.4, -0.2) is 5.78 Å². The van der Waals surface area contributed by atoms with E-state index in [2.05, 4.69) is 0 Å². The first kappa shape index (κ1) is 13.3. The largest absolute Gasteiger partial charge is 0.489 e. The van der Waals surface area contributed by atoms with Gasteiger partial charge in [0, 0.05) is 12.0 Å². The molecule has 0 fully saturated rings. The molecule has 0 radical (unpaired) electrons. The first-order valence-corrected chi connectivity index (χ1v) is 6.19. The van der Waals surface area contributed by atoms with Crippen molar-refractivity contribution in [3.8, 4) is 5.75 Å². The predicted molar refractivity (Wildman–Crippen MR) is 71.8 cm³/mol. The lowest BCUT2D eigenvalue weighted by atomic mass is 10.1. The molecular formula is C16H15FO2. The number of hydrogen-bond acceptors (Lipinski definition) is 2. The predicted octanol–water partition coefficient (Wildman–Crippen LogP) is 4.00. The minimum Gasteiger partial charge on any atom is -0.489 e. The maximum atomic E-state index is 12.8. The van der Waals surface area contributed by atoms with Crippen molar-refractivity contribution in [3.05, 3.63) is 65.5 Å². The van der Waals surface area contributed by atoms with Gasteiger partial charge in [-0.05, 0) is 29.8 Å². The van der Waals surface area contributed by atoms with Gasteiger partial charge in [-0.3, -0.25) is 4.79 Å². The second-order valence-corrected chi connectivity index (χ2v) is 4.22. The molecule has 0 heterocycles. The summed E-state index contributed by atoms with van der Waals surface area (Å²) in [6, 6.07) is 13.3. The molecule has 2 rings (SSSR count). The van der Waals surface area contributed by atoms with Gasteiger partial charge in [0.2, 0.25) is 0 Å². The third-order valence-electron chi connectivity index (χ3n) is 2.80. The van der Waals surface area contributed by atoms with E-state index in [0.717, 1.165) is 5.56 Å². The van der Waals surface area contributed by atoms with Crippen molar-refractivity contribution < 1.29 is 13.9 Å². The molecule has 0 aromatic heterocycles. The maximum absolute atomic E-state index is 12.8. The molecule has 0 saturated heterocycles. The molecule has 0 bridgehead atoms. The highest BCUT2D eigenvalue weighted by Gasteiger charge is 2.04. The van der Waals surface area contributed by atoms with Crippen molar-refractivity contribution in [2.45, 2.75) is 20.0 Å². The third-order valence-corrected chi connectivity index (χ3v) is 2.80. The van der Waals surface area contributed by atoms with Crippen LogP contribution in [0.4, 0.5) is 4.39 Å². The van der Waals surface area contributed by atoms with Gasteiger partial charge in [0.05, 0.1) is 0 Å². The molecule has 3 heteroatoms. The Hall–Kier alpha value is -2.16. The summed E-state index contributed by atoms with van der Waals surface area (Å²) >= 11 is 0. The second-order valence-electron chi connectivity index (χ2n) is 4.22. The van der Waals surface area contributed by atoms with Crippen LogP contribution in [0.15, 0.2) is 48.5 Å². The molecular weight excluding hydrogens is 243 g/mol. The van der Waals surface area contributed by atoms with Gasteiger partial charge in [-0.25, -0.2) is 4.39 Å². The van der Waals surface area contributed by atoms with Crippen molar-refractivity contribution in [2.24, 2.45) is 0 Å². The van der Waals surface area contributed by atoms with Crippen molar-refractivity contribution in [2.75, 3.05) is 0 Å². The standard InChI is InChI=1S/C16H15FO2/c1-2-16(18)13-4-3-5-15(10-13)19-11-12-6-8-14(17)9-7-12/h3-10H,2,11H2,1H3. The number of ether oxygens (including phenoxy) is 1. The lowest BCUT2D eigenvalue weighted by molar-refractivity contribution is 0.0987.